The van der Waals surface area contributed by atoms with E-state index in [4.69, 9.17) is 0 Å². The SMILES string of the molecule is CN(CCCNS(=O)(=O)c1ccccc1F)c1ccccc1. The normalized spacial score (nSPS) is 11.4. The molecule has 0 heterocycles. The fourth-order valence-electron chi connectivity index (χ4n) is 2.07. The number of anilines is 1. The summed E-state index contributed by atoms with van der Waals surface area (Å²) in [6.07, 6.45) is 0.624. The van der Waals surface area contributed by atoms with E-state index in [-0.39, 0.29) is 11.4 Å². The predicted octanol–water partition coefficient (Wildman–Crippen LogP) is 2.63. The smallest absolute Gasteiger partial charge is 0.243 e. The molecule has 0 atom stereocenters. The second-order valence-corrected chi connectivity index (χ2v) is 6.67. The van der Waals surface area contributed by atoms with Crippen LogP contribution in [-0.4, -0.2) is 28.6 Å². The van der Waals surface area contributed by atoms with Crippen molar-refractivity contribution in [2.24, 2.45) is 0 Å². The van der Waals surface area contributed by atoms with Crippen molar-refractivity contribution in [2.45, 2.75) is 11.3 Å². The molecule has 0 aliphatic carbocycles. The van der Waals surface area contributed by atoms with Crippen molar-refractivity contribution in [2.75, 3.05) is 25.0 Å². The van der Waals surface area contributed by atoms with Gasteiger partial charge in [-0.3, -0.25) is 0 Å². The lowest BCUT2D eigenvalue weighted by atomic mass is 10.3. The molecule has 0 unspecified atom stereocenters. The van der Waals surface area contributed by atoms with Crippen molar-refractivity contribution in [3.63, 3.8) is 0 Å². The van der Waals surface area contributed by atoms with Crippen molar-refractivity contribution in [3.05, 3.63) is 60.4 Å². The van der Waals surface area contributed by atoms with E-state index >= 15 is 0 Å². The molecule has 0 fully saturated rings. The summed E-state index contributed by atoms with van der Waals surface area (Å²) in [5.41, 5.74) is 1.07. The van der Waals surface area contributed by atoms with Gasteiger partial charge >= 0.3 is 0 Å². The van der Waals surface area contributed by atoms with Gasteiger partial charge in [0.2, 0.25) is 10.0 Å². The van der Waals surface area contributed by atoms with Crippen LogP contribution in [0, 0.1) is 5.82 Å². The minimum Gasteiger partial charge on any atom is -0.375 e. The Hall–Kier alpha value is -1.92. The fraction of sp³-hybridized carbons (Fsp3) is 0.250. The predicted molar refractivity (Wildman–Crippen MR) is 85.9 cm³/mol. The molecule has 0 saturated heterocycles. The number of para-hydroxylation sites is 1. The number of benzene rings is 2. The average Bonchev–Trinajstić information content (AvgIpc) is 2.52. The highest BCUT2D eigenvalue weighted by atomic mass is 32.2. The van der Waals surface area contributed by atoms with E-state index in [9.17, 15) is 12.8 Å². The molecule has 0 aliphatic rings. The summed E-state index contributed by atoms with van der Waals surface area (Å²) in [7, 11) is -1.85. The molecule has 4 nitrogen and oxygen atoms in total. The maximum atomic E-state index is 13.5. The maximum absolute atomic E-state index is 13.5. The Labute approximate surface area is 130 Å². The molecule has 2 aromatic carbocycles. The van der Waals surface area contributed by atoms with Crippen LogP contribution in [0.25, 0.3) is 0 Å². The lowest BCUT2D eigenvalue weighted by molar-refractivity contribution is 0.555. The molecule has 22 heavy (non-hydrogen) atoms. The molecule has 6 heteroatoms. The van der Waals surface area contributed by atoms with Gasteiger partial charge in [-0.15, -0.1) is 0 Å². The Bertz CT molecular complexity index is 705. The van der Waals surface area contributed by atoms with E-state index in [2.05, 4.69) is 4.72 Å². The second-order valence-electron chi connectivity index (χ2n) is 4.94. The van der Waals surface area contributed by atoms with E-state index in [0.717, 1.165) is 11.8 Å². The Kier molecular flexibility index (Phi) is 5.51. The van der Waals surface area contributed by atoms with Gasteiger partial charge < -0.3 is 4.90 Å². The topological polar surface area (TPSA) is 49.4 Å². The zero-order valence-corrected chi connectivity index (χ0v) is 13.2. The lowest BCUT2D eigenvalue weighted by Crippen LogP contribution is -2.28. The molecule has 0 radical (unpaired) electrons. The van der Waals surface area contributed by atoms with Crippen molar-refractivity contribution < 1.29 is 12.8 Å². The van der Waals surface area contributed by atoms with Crippen LogP contribution in [0.4, 0.5) is 10.1 Å². The molecular weight excluding hydrogens is 303 g/mol. The van der Waals surface area contributed by atoms with Crippen molar-refractivity contribution in [1.82, 2.24) is 4.72 Å². The minimum atomic E-state index is -3.80. The standard InChI is InChI=1S/C16H19FN2O2S/c1-19(14-8-3-2-4-9-14)13-7-12-18-22(20,21)16-11-6-5-10-15(16)17/h2-6,8-11,18H,7,12-13H2,1H3. The Balaban J connectivity index is 1.85. The maximum Gasteiger partial charge on any atom is 0.243 e. The van der Waals surface area contributed by atoms with Gasteiger partial charge in [0.15, 0.2) is 0 Å². The van der Waals surface area contributed by atoms with Crippen LogP contribution in [0.1, 0.15) is 6.42 Å². The van der Waals surface area contributed by atoms with Crippen molar-refractivity contribution in [1.29, 1.82) is 0 Å². The van der Waals surface area contributed by atoms with Crippen LogP contribution in [0.15, 0.2) is 59.5 Å². The highest BCUT2D eigenvalue weighted by Crippen LogP contribution is 2.13. The van der Waals surface area contributed by atoms with Gasteiger partial charge in [-0.1, -0.05) is 30.3 Å². The van der Waals surface area contributed by atoms with Gasteiger partial charge in [-0.25, -0.2) is 17.5 Å². The van der Waals surface area contributed by atoms with Crippen molar-refractivity contribution >= 4 is 15.7 Å². The first-order chi connectivity index (χ1) is 10.5. The van der Waals surface area contributed by atoms with Gasteiger partial charge in [0, 0.05) is 25.8 Å². The molecule has 0 saturated carbocycles. The number of halogens is 1. The first-order valence-electron chi connectivity index (χ1n) is 7.01. The van der Waals surface area contributed by atoms with Gasteiger partial charge in [-0.05, 0) is 30.7 Å². The van der Waals surface area contributed by atoms with Crippen LogP contribution in [0.2, 0.25) is 0 Å². The number of sulfonamides is 1. The van der Waals surface area contributed by atoms with Crippen LogP contribution in [-0.2, 0) is 10.0 Å². The molecule has 0 aliphatic heterocycles. The molecule has 2 aromatic rings. The summed E-state index contributed by atoms with van der Waals surface area (Å²) < 4.78 is 40.0. The van der Waals surface area contributed by atoms with E-state index in [1.54, 1.807) is 0 Å². The van der Waals surface area contributed by atoms with Gasteiger partial charge in [0.1, 0.15) is 10.7 Å². The third-order valence-corrected chi connectivity index (χ3v) is 4.78. The molecular formula is C16H19FN2O2S. The fourth-order valence-corrected chi connectivity index (χ4v) is 3.23. The molecule has 0 aromatic heterocycles. The monoisotopic (exact) mass is 322 g/mol. The van der Waals surface area contributed by atoms with Crippen LogP contribution in [0.3, 0.4) is 0 Å². The number of hydrogen-bond acceptors (Lipinski definition) is 3. The zero-order valence-electron chi connectivity index (χ0n) is 12.4. The van der Waals surface area contributed by atoms with E-state index in [1.165, 1.54) is 18.2 Å². The second kappa shape index (κ2) is 7.38. The third-order valence-electron chi connectivity index (χ3n) is 3.29. The van der Waals surface area contributed by atoms with E-state index < -0.39 is 15.8 Å². The highest BCUT2D eigenvalue weighted by Gasteiger charge is 2.17. The Morgan fingerprint density at radius 1 is 1.05 bits per heavy atom. The largest absolute Gasteiger partial charge is 0.375 e. The van der Waals surface area contributed by atoms with Crippen LogP contribution >= 0.6 is 0 Å². The van der Waals surface area contributed by atoms with Gasteiger partial charge in [0.25, 0.3) is 0 Å². The summed E-state index contributed by atoms with van der Waals surface area (Å²) in [6, 6.07) is 15.2. The number of nitrogens with one attached hydrogen (secondary N) is 1. The number of hydrogen-bond donors (Lipinski definition) is 1. The summed E-state index contributed by atoms with van der Waals surface area (Å²) in [4.78, 5) is 1.73. The molecule has 1 N–H and O–H groups in total. The zero-order chi connectivity index (χ0) is 16.0. The first kappa shape index (κ1) is 16.5. The van der Waals surface area contributed by atoms with Crippen molar-refractivity contribution in [3.8, 4) is 0 Å². The molecule has 2 rings (SSSR count). The Morgan fingerprint density at radius 3 is 2.36 bits per heavy atom. The molecule has 118 valence electrons. The molecule has 0 amide bonds. The highest BCUT2D eigenvalue weighted by molar-refractivity contribution is 7.89. The van der Waals surface area contributed by atoms with Crippen LogP contribution < -0.4 is 9.62 Å². The minimum absolute atomic E-state index is 0.258. The quantitative estimate of drug-likeness (QED) is 0.797. The van der Waals surface area contributed by atoms with Gasteiger partial charge in [-0.2, -0.15) is 0 Å². The third kappa shape index (κ3) is 4.29. The summed E-state index contributed by atoms with van der Waals surface area (Å²) in [6.45, 7) is 0.956. The van der Waals surface area contributed by atoms with Crippen LogP contribution in [0.5, 0.6) is 0 Å². The average molecular weight is 322 g/mol. The molecule has 0 bridgehead atoms. The summed E-state index contributed by atoms with van der Waals surface area (Å²) >= 11 is 0. The van der Waals surface area contributed by atoms with E-state index in [0.29, 0.717) is 13.0 Å². The first-order valence-corrected chi connectivity index (χ1v) is 8.49. The Morgan fingerprint density at radius 2 is 1.68 bits per heavy atom. The summed E-state index contributed by atoms with van der Waals surface area (Å²) in [5.74, 6) is -0.739. The van der Waals surface area contributed by atoms with Gasteiger partial charge in [0.05, 0.1) is 0 Å². The lowest BCUT2D eigenvalue weighted by Gasteiger charge is -2.19. The summed E-state index contributed by atoms with van der Waals surface area (Å²) in [5, 5.41) is 0. The number of rotatable bonds is 7. The molecule has 0 spiro atoms. The van der Waals surface area contributed by atoms with E-state index in [1.807, 2.05) is 42.3 Å². The number of nitrogens with zero attached hydrogens (tertiary/aromatic N) is 1.